The molecule has 1 aliphatic heterocycles. The van der Waals surface area contributed by atoms with Crippen molar-refractivity contribution in [1.82, 2.24) is 4.90 Å². The van der Waals surface area contributed by atoms with Gasteiger partial charge in [0.05, 0.1) is 6.61 Å². The number of hydrogen-bond donors (Lipinski definition) is 0. The molecule has 0 aromatic heterocycles. The Kier molecular flexibility index (Phi) is 6.51. The number of hydrogen-bond acceptors (Lipinski definition) is 6. The van der Waals surface area contributed by atoms with Gasteiger partial charge in [-0.3, -0.25) is 4.79 Å². The Hall–Kier alpha value is -3.61. The summed E-state index contributed by atoms with van der Waals surface area (Å²) in [7, 11) is 3.33. The van der Waals surface area contributed by atoms with Crippen molar-refractivity contribution in [2.75, 3.05) is 27.3 Å². The molecular formula is C23H24N2O5. The number of nitrogens with zero attached hydrogens (tertiary/aromatic N) is 2. The van der Waals surface area contributed by atoms with E-state index in [4.69, 9.17) is 14.2 Å². The summed E-state index contributed by atoms with van der Waals surface area (Å²) in [5, 5.41) is 0. The van der Waals surface area contributed by atoms with E-state index in [1.54, 1.807) is 38.4 Å². The Labute approximate surface area is 175 Å². The fourth-order valence-corrected chi connectivity index (χ4v) is 2.77. The summed E-state index contributed by atoms with van der Waals surface area (Å²) in [5.74, 6) is 0.551. The fraction of sp³-hybridized carbons (Fsp3) is 0.261. The number of benzene rings is 2. The maximum absolute atomic E-state index is 12.3. The molecule has 1 amide bonds. The third-order valence-corrected chi connectivity index (χ3v) is 4.42. The highest BCUT2D eigenvalue weighted by Crippen LogP contribution is 2.30. The summed E-state index contributed by atoms with van der Waals surface area (Å²) in [6.45, 7) is 4.12. The van der Waals surface area contributed by atoms with Gasteiger partial charge in [0, 0.05) is 19.7 Å². The molecule has 0 saturated heterocycles. The second-order valence-electron chi connectivity index (χ2n) is 6.87. The van der Waals surface area contributed by atoms with E-state index in [2.05, 4.69) is 4.99 Å². The number of cyclic esters (lactones) is 1. The molecule has 0 spiro atoms. The van der Waals surface area contributed by atoms with Gasteiger partial charge in [0.15, 0.2) is 23.8 Å². The Morgan fingerprint density at radius 2 is 1.90 bits per heavy atom. The number of rotatable bonds is 7. The normalized spacial score (nSPS) is 14.3. The first kappa shape index (κ1) is 21.1. The van der Waals surface area contributed by atoms with Crippen molar-refractivity contribution in [3.63, 3.8) is 0 Å². The van der Waals surface area contributed by atoms with Gasteiger partial charge in [0.1, 0.15) is 0 Å². The fourth-order valence-electron chi connectivity index (χ4n) is 2.77. The first-order valence-electron chi connectivity index (χ1n) is 9.57. The Morgan fingerprint density at radius 3 is 2.60 bits per heavy atom. The molecule has 7 nitrogen and oxygen atoms in total. The Balaban J connectivity index is 1.85. The molecule has 0 aliphatic carbocycles. The molecule has 1 heterocycles. The van der Waals surface area contributed by atoms with E-state index in [-0.39, 0.29) is 24.1 Å². The van der Waals surface area contributed by atoms with Gasteiger partial charge in [-0.2, -0.15) is 0 Å². The summed E-state index contributed by atoms with van der Waals surface area (Å²) in [5.41, 5.74) is 2.65. The van der Waals surface area contributed by atoms with Crippen LogP contribution in [0.1, 0.15) is 23.6 Å². The van der Waals surface area contributed by atoms with E-state index >= 15 is 0 Å². The number of esters is 1. The van der Waals surface area contributed by atoms with Crippen molar-refractivity contribution < 1.29 is 23.8 Å². The summed E-state index contributed by atoms with van der Waals surface area (Å²) in [6, 6.07) is 12.8. The van der Waals surface area contributed by atoms with Crippen LogP contribution in [0.5, 0.6) is 11.5 Å². The van der Waals surface area contributed by atoms with Gasteiger partial charge in [0.25, 0.3) is 5.91 Å². The van der Waals surface area contributed by atoms with Crippen LogP contribution >= 0.6 is 0 Å². The third-order valence-electron chi connectivity index (χ3n) is 4.42. The van der Waals surface area contributed by atoms with E-state index in [1.165, 1.54) is 4.90 Å². The minimum absolute atomic E-state index is 0.0933. The smallest absolute Gasteiger partial charge is 0.363 e. The largest absolute Gasteiger partial charge is 0.490 e. The Morgan fingerprint density at radius 1 is 1.13 bits per heavy atom. The molecule has 3 rings (SSSR count). The van der Waals surface area contributed by atoms with Gasteiger partial charge in [-0.05, 0) is 49.2 Å². The highest BCUT2D eigenvalue weighted by molar-refractivity contribution is 6.13. The predicted molar refractivity (Wildman–Crippen MR) is 114 cm³/mol. The molecule has 30 heavy (non-hydrogen) atoms. The molecule has 0 atom stereocenters. The zero-order valence-corrected chi connectivity index (χ0v) is 17.5. The average molecular weight is 408 g/mol. The molecule has 0 radical (unpaired) electrons. The van der Waals surface area contributed by atoms with E-state index < -0.39 is 5.97 Å². The van der Waals surface area contributed by atoms with Crippen molar-refractivity contribution >= 4 is 23.9 Å². The first-order valence-corrected chi connectivity index (χ1v) is 9.57. The van der Waals surface area contributed by atoms with Crippen molar-refractivity contribution in [3.05, 3.63) is 64.9 Å². The number of likely N-dealkylation sites (N-methyl/N-ethyl adjacent to an activating group) is 1. The van der Waals surface area contributed by atoms with Crippen LogP contribution < -0.4 is 9.47 Å². The Bertz CT molecular complexity index is 1020. The SMILES string of the molecule is CCOc1cc(/C=C2\N=C(c3ccccc3C)OC2=O)ccc1OCC(=O)N(C)C. The number of ether oxygens (including phenoxy) is 3. The maximum atomic E-state index is 12.3. The topological polar surface area (TPSA) is 77.4 Å². The van der Waals surface area contributed by atoms with Crippen LogP contribution in [0, 0.1) is 6.92 Å². The van der Waals surface area contributed by atoms with Gasteiger partial charge in [-0.25, -0.2) is 9.79 Å². The second-order valence-corrected chi connectivity index (χ2v) is 6.87. The summed E-state index contributed by atoms with van der Waals surface area (Å²) in [6.07, 6.45) is 1.63. The summed E-state index contributed by atoms with van der Waals surface area (Å²) < 4.78 is 16.6. The van der Waals surface area contributed by atoms with E-state index in [0.29, 0.717) is 23.7 Å². The van der Waals surface area contributed by atoms with E-state index in [9.17, 15) is 9.59 Å². The van der Waals surface area contributed by atoms with Gasteiger partial charge in [-0.15, -0.1) is 0 Å². The molecule has 0 saturated carbocycles. The highest BCUT2D eigenvalue weighted by Gasteiger charge is 2.25. The standard InChI is InChI=1S/C23H24N2O5/c1-5-28-20-13-16(10-11-19(20)29-14-21(26)25(3)4)12-18-23(27)30-22(24-18)17-9-7-6-8-15(17)2/h6-13H,5,14H2,1-4H3/b18-12-. The molecule has 0 N–H and O–H groups in total. The third kappa shape index (κ3) is 4.86. The molecular weight excluding hydrogens is 384 g/mol. The van der Waals surface area contributed by atoms with Gasteiger partial charge in [-0.1, -0.05) is 24.3 Å². The molecule has 1 aliphatic rings. The lowest BCUT2D eigenvalue weighted by atomic mass is 10.1. The van der Waals surface area contributed by atoms with Crippen molar-refractivity contribution in [3.8, 4) is 11.5 Å². The maximum Gasteiger partial charge on any atom is 0.363 e. The molecule has 7 heteroatoms. The second kappa shape index (κ2) is 9.26. The highest BCUT2D eigenvalue weighted by atomic mass is 16.6. The predicted octanol–water partition coefficient (Wildman–Crippen LogP) is 3.21. The van der Waals surface area contributed by atoms with Crippen LogP contribution in [0.25, 0.3) is 6.08 Å². The zero-order valence-electron chi connectivity index (χ0n) is 17.5. The van der Waals surface area contributed by atoms with Crippen LogP contribution in [0.2, 0.25) is 0 Å². The van der Waals surface area contributed by atoms with Crippen LogP contribution in [-0.2, 0) is 14.3 Å². The number of aliphatic imine (C=N–C) groups is 1. The quantitative estimate of drug-likeness (QED) is 0.519. The number of amides is 1. The minimum atomic E-state index is -0.511. The zero-order chi connectivity index (χ0) is 21.7. The van der Waals surface area contributed by atoms with Gasteiger partial charge >= 0.3 is 5.97 Å². The number of carbonyl (C=O) groups excluding carboxylic acids is 2. The molecule has 2 aromatic rings. The van der Waals surface area contributed by atoms with Crippen molar-refractivity contribution in [2.24, 2.45) is 4.99 Å². The van der Waals surface area contributed by atoms with E-state index in [1.807, 2.05) is 38.1 Å². The molecule has 0 fully saturated rings. The van der Waals surface area contributed by atoms with Crippen LogP contribution in [0.15, 0.2) is 53.2 Å². The van der Waals surface area contributed by atoms with E-state index in [0.717, 1.165) is 11.1 Å². The molecule has 0 unspecified atom stereocenters. The summed E-state index contributed by atoms with van der Waals surface area (Å²) >= 11 is 0. The monoisotopic (exact) mass is 408 g/mol. The van der Waals surface area contributed by atoms with Gasteiger partial charge in [0.2, 0.25) is 5.90 Å². The first-order chi connectivity index (χ1) is 14.4. The van der Waals surface area contributed by atoms with Crippen LogP contribution in [0.3, 0.4) is 0 Å². The minimum Gasteiger partial charge on any atom is -0.490 e. The molecule has 156 valence electrons. The average Bonchev–Trinajstić information content (AvgIpc) is 3.07. The lowest BCUT2D eigenvalue weighted by Gasteiger charge is -2.14. The number of aryl methyl sites for hydroxylation is 1. The van der Waals surface area contributed by atoms with Crippen molar-refractivity contribution in [2.45, 2.75) is 13.8 Å². The molecule has 0 bridgehead atoms. The number of carbonyl (C=O) groups is 2. The summed E-state index contributed by atoms with van der Waals surface area (Å²) in [4.78, 5) is 29.9. The van der Waals surface area contributed by atoms with Crippen LogP contribution in [-0.4, -0.2) is 50.0 Å². The van der Waals surface area contributed by atoms with Crippen LogP contribution in [0.4, 0.5) is 0 Å². The molecule has 2 aromatic carbocycles. The van der Waals surface area contributed by atoms with Gasteiger partial charge < -0.3 is 19.1 Å². The van der Waals surface area contributed by atoms with Crippen molar-refractivity contribution in [1.29, 1.82) is 0 Å². The lowest BCUT2D eigenvalue weighted by molar-refractivity contribution is -0.131. The lowest BCUT2D eigenvalue weighted by Crippen LogP contribution is -2.27.